The average Bonchev–Trinajstić information content (AvgIpc) is 2.39. The van der Waals surface area contributed by atoms with Crippen LogP contribution in [0, 0.1) is 0 Å². The largest absolute Gasteiger partial charge is 0.264 e. The summed E-state index contributed by atoms with van der Waals surface area (Å²) in [7, 11) is 0. The highest BCUT2D eigenvalue weighted by Crippen LogP contribution is 2.25. The van der Waals surface area contributed by atoms with Gasteiger partial charge in [-0.2, -0.15) is 0 Å². The first-order valence-electron chi connectivity index (χ1n) is 6.44. The molecule has 0 radical (unpaired) electrons. The zero-order chi connectivity index (χ0) is 12.8. The zero-order valence-corrected chi connectivity index (χ0v) is 12.2. The molecule has 0 fully saturated rings. The summed E-state index contributed by atoms with van der Waals surface area (Å²) in [5.74, 6) is 0.622. The Kier molecular flexibility index (Phi) is 6.03. The Hall–Kier alpha value is -0.510. The second kappa shape index (κ2) is 7.04. The summed E-state index contributed by atoms with van der Waals surface area (Å²) in [5, 5.41) is 5.58. The van der Waals surface area contributed by atoms with E-state index in [9.17, 15) is 0 Å². The third-order valence-electron chi connectivity index (χ3n) is 3.02. The minimum absolute atomic E-state index is 0.622. The van der Waals surface area contributed by atoms with Gasteiger partial charge in [0.05, 0.1) is 0 Å². The lowest BCUT2D eigenvalue weighted by Crippen LogP contribution is -2.26. The fourth-order valence-electron chi connectivity index (χ4n) is 2.00. The van der Waals surface area contributed by atoms with Crippen molar-refractivity contribution in [1.29, 1.82) is 0 Å². The van der Waals surface area contributed by atoms with Crippen molar-refractivity contribution in [2.75, 3.05) is 6.54 Å². The molecule has 0 aliphatic carbocycles. The number of nitrogens with zero attached hydrogens (tertiary/aromatic N) is 1. The van der Waals surface area contributed by atoms with Gasteiger partial charge < -0.3 is 0 Å². The van der Waals surface area contributed by atoms with Crippen molar-refractivity contribution < 1.29 is 0 Å². The molecule has 0 atom stereocenters. The summed E-state index contributed by atoms with van der Waals surface area (Å²) in [4.78, 5) is 0. The monoisotopic (exact) mass is 252 g/mol. The maximum Gasteiger partial charge on any atom is 0.0355 e. The van der Waals surface area contributed by atoms with E-state index in [2.05, 4.69) is 36.4 Å². The number of rotatable bonds is 2. The highest BCUT2D eigenvalue weighted by atomic mass is 32.2. The maximum absolute atomic E-state index is 5.58. The Balaban J connectivity index is 0.000000686. The molecular weight excluding hydrogens is 228 g/mol. The molecule has 1 aromatic carbocycles. The summed E-state index contributed by atoms with van der Waals surface area (Å²) in [6, 6.07) is 6.86. The Morgan fingerprint density at radius 3 is 2.53 bits per heavy atom. The summed E-state index contributed by atoms with van der Waals surface area (Å²) in [6.07, 6.45) is 1.13. The fourth-order valence-corrected chi connectivity index (χ4v) is 2.41. The molecule has 0 aromatic heterocycles. The lowest BCUT2D eigenvalue weighted by Gasteiger charge is -2.26. The fraction of sp³-hybridized carbons (Fsp3) is 0.571. The van der Waals surface area contributed by atoms with E-state index < -0.39 is 0 Å². The van der Waals surface area contributed by atoms with Gasteiger partial charge in [-0.25, -0.2) is 4.31 Å². The van der Waals surface area contributed by atoms with Gasteiger partial charge in [-0.15, -0.1) is 0 Å². The van der Waals surface area contributed by atoms with E-state index in [1.54, 1.807) is 0 Å². The summed E-state index contributed by atoms with van der Waals surface area (Å²) in [5.41, 5.74) is 4.39. The number of benzene rings is 1. The van der Waals surface area contributed by atoms with Gasteiger partial charge in [0.25, 0.3) is 0 Å². The lowest BCUT2D eigenvalue weighted by molar-refractivity contribution is 0.444. The van der Waals surface area contributed by atoms with E-state index in [0.717, 1.165) is 19.5 Å². The number of fused-ring (bicyclic) bond motifs is 1. The Morgan fingerprint density at radius 2 is 1.94 bits per heavy atom. The van der Waals surface area contributed by atoms with Gasteiger partial charge in [-0.1, -0.05) is 45.9 Å². The molecule has 1 aliphatic rings. The van der Waals surface area contributed by atoms with Crippen molar-refractivity contribution in [1.82, 2.24) is 4.31 Å². The van der Waals surface area contributed by atoms with Crippen LogP contribution in [-0.4, -0.2) is 10.8 Å². The molecule has 3 heteroatoms. The van der Waals surface area contributed by atoms with Gasteiger partial charge in [0.15, 0.2) is 0 Å². The molecule has 0 amide bonds. The normalized spacial score (nSPS) is 15.2. The van der Waals surface area contributed by atoms with Crippen molar-refractivity contribution in [3.05, 3.63) is 34.9 Å². The second-order valence-corrected chi connectivity index (χ2v) is 5.13. The molecular formula is C14H24N2S. The smallest absolute Gasteiger partial charge is 0.0355 e. The third kappa shape index (κ3) is 3.73. The standard InChI is InChI=1S/C12H18N2S.C2H6/c1-9(2)10-3-4-12-8-14(15-13)6-5-11(12)7-10;1-2/h3-4,7,9H,5-6,8,13H2,1-2H3;1-2H3. The van der Waals surface area contributed by atoms with Gasteiger partial charge in [0.2, 0.25) is 0 Å². The van der Waals surface area contributed by atoms with Crippen LogP contribution in [0.3, 0.4) is 0 Å². The highest BCUT2D eigenvalue weighted by Gasteiger charge is 2.16. The Labute approximate surface area is 110 Å². The van der Waals surface area contributed by atoms with E-state index in [0.29, 0.717) is 5.92 Å². The number of hydrogen-bond donors (Lipinski definition) is 1. The zero-order valence-electron chi connectivity index (χ0n) is 11.4. The molecule has 0 bridgehead atoms. The first kappa shape index (κ1) is 14.6. The van der Waals surface area contributed by atoms with Crippen molar-refractivity contribution >= 4 is 12.1 Å². The molecule has 17 heavy (non-hydrogen) atoms. The summed E-state index contributed by atoms with van der Waals surface area (Å²) < 4.78 is 2.21. The van der Waals surface area contributed by atoms with E-state index >= 15 is 0 Å². The first-order valence-corrected chi connectivity index (χ1v) is 7.28. The highest BCUT2D eigenvalue weighted by molar-refractivity contribution is 7.94. The van der Waals surface area contributed by atoms with E-state index in [1.165, 1.54) is 28.8 Å². The van der Waals surface area contributed by atoms with Crippen LogP contribution in [0.1, 0.15) is 50.3 Å². The SMILES string of the molecule is CC.CC(C)c1ccc2c(c1)CCN(SN)C2. The van der Waals surface area contributed by atoms with Gasteiger partial charge >= 0.3 is 0 Å². The predicted molar refractivity (Wildman–Crippen MR) is 77.8 cm³/mol. The molecule has 0 saturated carbocycles. The number of hydrogen-bond acceptors (Lipinski definition) is 3. The minimum atomic E-state index is 0.622. The molecule has 2 N–H and O–H groups in total. The van der Waals surface area contributed by atoms with Crippen LogP contribution in [0.25, 0.3) is 0 Å². The third-order valence-corrected chi connectivity index (χ3v) is 3.63. The molecule has 1 heterocycles. The van der Waals surface area contributed by atoms with Gasteiger partial charge in [0, 0.05) is 25.2 Å². The van der Waals surface area contributed by atoms with E-state index in [1.807, 2.05) is 13.8 Å². The average molecular weight is 252 g/mol. The summed E-state index contributed by atoms with van der Waals surface area (Å²) >= 11 is 1.35. The molecule has 1 aromatic rings. The molecule has 0 unspecified atom stereocenters. The van der Waals surface area contributed by atoms with Crippen LogP contribution in [-0.2, 0) is 13.0 Å². The molecule has 96 valence electrons. The Bertz CT molecular complexity index is 350. The van der Waals surface area contributed by atoms with E-state index in [-0.39, 0.29) is 0 Å². The Morgan fingerprint density at radius 1 is 1.24 bits per heavy atom. The van der Waals surface area contributed by atoms with Crippen molar-refractivity contribution in [3.63, 3.8) is 0 Å². The van der Waals surface area contributed by atoms with Crippen LogP contribution in [0.2, 0.25) is 0 Å². The van der Waals surface area contributed by atoms with Crippen LogP contribution in [0.5, 0.6) is 0 Å². The summed E-state index contributed by atoms with van der Waals surface area (Å²) in [6.45, 7) is 10.5. The number of nitrogens with two attached hydrogens (primary N) is 1. The molecule has 1 aliphatic heterocycles. The van der Waals surface area contributed by atoms with Gasteiger partial charge in [-0.3, -0.25) is 5.14 Å². The minimum Gasteiger partial charge on any atom is -0.264 e. The van der Waals surface area contributed by atoms with Crippen molar-refractivity contribution in [3.8, 4) is 0 Å². The van der Waals surface area contributed by atoms with Crippen LogP contribution >= 0.6 is 12.1 Å². The quantitative estimate of drug-likeness (QED) is 0.814. The molecule has 0 spiro atoms. The van der Waals surface area contributed by atoms with E-state index in [4.69, 9.17) is 5.14 Å². The second-order valence-electron chi connectivity index (χ2n) is 4.40. The predicted octanol–water partition coefficient (Wildman–Crippen LogP) is 3.72. The topological polar surface area (TPSA) is 29.3 Å². The van der Waals surface area contributed by atoms with Crippen LogP contribution in [0.4, 0.5) is 0 Å². The first-order chi connectivity index (χ1) is 8.20. The van der Waals surface area contributed by atoms with Crippen LogP contribution < -0.4 is 5.14 Å². The maximum atomic E-state index is 5.58. The van der Waals surface area contributed by atoms with Crippen molar-refractivity contribution in [2.45, 2.75) is 46.6 Å². The lowest BCUT2D eigenvalue weighted by atomic mass is 9.94. The van der Waals surface area contributed by atoms with Gasteiger partial charge in [0.1, 0.15) is 0 Å². The molecule has 2 nitrogen and oxygen atoms in total. The van der Waals surface area contributed by atoms with Crippen molar-refractivity contribution in [2.24, 2.45) is 5.14 Å². The molecule has 2 rings (SSSR count). The van der Waals surface area contributed by atoms with Gasteiger partial charge in [-0.05, 0) is 29.0 Å². The van der Waals surface area contributed by atoms with Crippen LogP contribution in [0.15, 0.2) is 18.2 Å². The molecule has 0 saturated heterocycles.